The topological polar surface area (TPSA) is 84.2 Å². The Morgan fingerprint density at radius 3 is 2.61 bits per heavy atom. The summed E-state index contributed by atoms with van der Waals surface area (Å²) in [7, 11) is 4.25. The van der Waals surface area contributed by atoms with Gasteiger partial charge in [0.1, 0.15) is 12.1 Å². The van der Waals surface area contributed by atoms with Gasteiger partial charge < -0.3 is 19.9 Å². The molecule has 2 aliphatic rings. The number of ether oxygens (including phenoxy) is 1. The zero-order valence-corrected chi connectivity index (χ0v) is 25.0. The molecule has 1 aliphatic carbocycles. The summed E-state index contributed by atoms with van der Waals surface area (Å²) in [4.78, 5) is 19.1. The molecule has 1 N–H and O–H groups in total. The quantitative estimate of drug-likeness (QED) is 0.269. The lowest BCUT2D eigenvalue weighted by Crippen LogP contribution is -2.33. The van der Waals surface area contributed by atoms with Crippen molar-refractivity contribution in [3.05, 3.63) is 65.4 Å². The predicted octanol–water partition coefficient (Wildman–Crippen LogP) is 5.26. The molecule has 0 bridgehead atoms. The Bertz CT molecular complexity index is 1520. The smallest absolute Gasteiger partial charge is 0.318 e. The number of anilines is 2. The number of aryl methyl sites for hydroxylation is 1. The van der Waals surface area contributed by atoms with Gasteiger partial charge in [-0.2, -0.15) is 15.1 Å². The van der Waals surface area contributed by atoms with Crippen LogP contribution in [0.25, 0.3) is 10.8 Å². The Morgan fingerprint density at radius 2 is 1.90 bits per heavy atom. The largest absolute Gasteiger partial charge is 0.463 e. The zero-order valence-electron chi connectivity index (χ0n) is 25.0. The minimum absolute atomic E-state index is 0.204. The second-order valence-corrected chi connectivity index (χ2v) is 12.2. The fraction of sp³-hybridized carbons (Fsp3) is 0.500. The third-order valence-corrected chi connectivity index (χ3v) is 8.35. The van der Waals surface area contributed by atoms with Crippen LogP contribution in [-0.2, 0) is 25.9 Å². The van der Waals surface area contributed by atoms with Crippen LogP contribution >= 0.6 is 0 Å². The molecule has 216 valence electrons. The highest BCUT2D eigenvalue weighted by molar-refractivity contribution is 5.97. The second kappa shape index (κ2) is 11.3. The van der Waals surface area contributed by atoms with Crippen LogP contribution in [0.4, 0.5) is 11.5 Å². The van der Waals surface area contributed by atoms with Crippen LogP contribution in [0.1, 0.15) is 62.3 Å². The molecule has 0 atom stereocenters. The molecule has 4 aromatic rings. The van der Waals surface area contributed by atoms with Crippen molar-refractivity contribution in [3.63, 3.8) is 0 Å². The van der Waals surface area contributed by atoms with Gasteiger partial charge in [-0.15, -0.1) is 0 Å². The zero-order chi connectivity index (χ0) is 28.6. The molecule has 2 aromatic carbocycles. The van der Waals surface area contributed by atoms with E-state index in [9.17, 15) is 0 Å². The Labute approximate surface area is 243 Å². The number of benzene rings is 2. The summed E-state index contributed by atoms with van der Waals surface area (Å²) < 4.78 is 8.22. The summed E-state index contributed by atoms with van der Waals surface area (Å²) in [5, 5.41) is 10.8. The number of aromatic nitrogens is 5. The standard InChI is InChI=1S/C32H42N8O/c1-6-23-9-7-10-24-11-8-12-27(29(23)24)39-16-13-25-26(18-39)35-31(41-20-32(14-15-32)19-38(4)5)36-30(25)33-17-28-34-21-40(37-28)22(2)3/h7-12,21-22H,6,13-20H2,1-5H3,(H,33,35,36). The molecule has 0 amide bonds. The van der Waals surface area contributed by atoms with Crippen molar-refractivity contribution in [2.24, 2.45) is 5.41 Å². The summed E-state index contributed by atoms with van der Waals surface area (Å²) in [5.41, 5.74) is 5.03. The van der Waals surface area contributed by atoms with Crippen molar-refractivity contribution in [2.45, 2.75) is 65.6 Å². The van der Waals surface area contributed by atoms with E-state index in [2.05, 4.69) is 96.5 Å². The molecule has 1 aliphatic heterocycles. The maximum atomic E-state index is 6.33. The number of nitrogens with zero attached hydrogens (tertiary/aromatic N) is 7. The first-order chi connectivity index (χ1) is 19.8. The summed E-state index contributed by atoms with van der Waals surface area (Å²) in [6.07, 6.45) is 6.00. The highest BCUT2D eigenvalue weighted by Gasteiger charge is 2.44. The SMILES string of the molecule is CCc1cccc2cccc(N3CCc4c(nc(OCC5(CN(C)C)CC5)nc4NCc4ncn(C(C)C)n4)C3)c12. The van der Waals surface area contributed by atoms with Gasteiger partial charge in [0, 0.05) is 41.2 Å². The summed E-state index contributed by atoms with van der Waals surface area (Å²) >= 11 is 0. The minimum atomic E-state index is 0.204. The maximum Gasteiger partial charge on any atom is 0.318 e. The molecular weight excluding hydrogens is 512 g/mol. The first kappa shape index (κ1) is 27.4. The van der Waals surface area contributed by atoms with Crippen molar-refractivity contribution < 1.29 is 4.74 Å². The lowest BCUT2D eigenvalue weighted by Gasteiger charge is -2.32. The molecule has 0 unspecified atom stereocenters. The van der Waals surface area contributed by atoms with E-state index in [1.54, 1.807) is 6.33 Å². The van der Waals surface area contributed by atoms with Crippen molar-refractivity contribution in [1.82, 2.24) is 29.6 Å². The van der Waals surface area contributed by atoms with Gasteiger partial charge >= 0.3 is 6.01 Å². The third-order valence-electron chi connectivity index (χ3n) is 8.35. The molecule has 9 nitrogen and oxygen atoms in total. The van der Waals surface area contributed by atoms with E-state index in [1.165, 1.54) is 34.9 Å². The summed E-state index contributed by atoms with van der Waals surface area (Å²) in [6, 6.07) is 14.0. The third kappa shape index (κ3) is 5.86. The average Bonchev–Trinajstić information content (AvgIpc) is 3.55. The molecular formula is C32H42N8O. The summed E-state index contributed by atoms with van der Waals surface area (Å²) in [6.45, 7) is 10.2. The van der Waals surface area contributed by atoms with E-state index in [0.29, 0.717) is 25.7 Å². The number of hydrogen-bond acceptors (Lipinski definition) is 8. The van der Waals surface area contributed by atoms with Gasteiger partial charge in [-0.05, 0) is 70.6 Å². The van der Waals surface area contributed by atoms with Crippen LogP contribution < -0.4 is 15.0 Å². The lowest BCUT2D eigenvalue weighted by atomic mass is 9.98. The van der Waals surface area contributed by atoms with Gasteiger partial charge in [-0.25, -0.2) is 4.98 Å². The number of rotatable bonds is 11. The van der Waals surface area contributed by atoms with Gasteiger partial charge in [-0.3, -0.25) is 4.68 Å². The van der Waals surface area contributed by atoms with Crippen LogP contribution in [0.2, 0.25) is 0 Å². The number of hydrogen-bond donors (Lipinski definition) is 1. The molecule has 2 aromatic heterocycles. The van der Waals surface area contributed by atoms with E-state index >= 15 is 0 Å². The molecule has 0 radical (unpaired) electrons. The van der Waals surface area contributed by atoms with Crippen molar-refractivity contribution in [3.8, 4) is 6.01 Å². The molecule has 1 fully saturated rings. The van der Waals surface area contributed by atoms with Gasteiger partial charge in [0.15, 0.2) is 5.82 Å². The van der Waals surface area contributed by atoms with Crippen LogP contribution in [0, 0.1) is 5.41 Å². The second-order valence-electron chi connectivity index (χ2n) is 12.2. The molecule has 41 heavy (non-hydrogen) atoms. The lowest BCUT2D eigenvalue weighted by molar-refractivity contribution is 0.182. The highest BCUT2D eigenvalue weighted by atomic mass is 16.5. The molecule has 1 saturated carbocycles. The van der Waals surface area contributed by atoms with E-state index < -0.39 is 0 Å². The van der Waals surface area contributed by atoms with Crippen LogP contribution in [0.3, 0.4) is 0 Å². The van der Waals surface area contributed by atoms with Gasteiger partial charge in [0.25, 0.3) is 0 Å². The molecule has 0 spiro atoms. The fourth-order valence-electron chi connectivity index (χ4n) is 6.00. The first-order valence-electron chi connectivity index (χ1n) is 14.9. The van der Waals surface area contributed by atoms with E-state index in [1.807, 2.05) is 4.68 Å². The Balaban J connectivity index is 1.30. The highest BCUT2D eigenvalue weighted by Crippen LogP contribution is 2.46. The van der Waals surface area contributed by atoms with E-state index in [-0.39, 0.29) is 11.5 Å². The first-order valence-corrected chi connectivity index (χ1v) is 14.9. The maximum absolute atomic E-state index is 6.33. The molecule has 0 saturated heterocycles. The summed E-state index contributed by atoms with van der Waals surface area (Å²) in [5.74, 6) is 1.58. The monoisotopic (exact) mass is 554 g/mol. The van der Waals surface area contributed by atoms with Crippen molar-refractivity contribution >= 4 is 22.3 Å². The van der Waals surface area contributed by atoms with Gasteiger partial charge in [0.05, 0.1) is 25.4 Å². The molecule has 3 heterocycles. The van der Waals surface area contributed by atoms with Crippen molar-refractivity contribution in [2.75, 3.05) is 44.0 Å². The van der Waals surface area contributed by atoms with Gasteiger partial charge in [0.2, 0.25) is 0 Å². The van der Waals surface area contributed by atoms with Crippen LogP contribution in [0.15, 0.2) is 42.7 Å². The number of nitrogens with one attached hydrogen (secondary N) is 1. The Hall–Kier alpha value is -3.72. The fourth-order valence-corrected chi connectivity index (χ4v) is 6.00. The van der Waals surface area contributed by atoms with E-state index in [4.69, 9.17) is 14.7 Å². The number of fused-ring (bicyclic) bond motifs is 2. The van der Waals surface area contributed by atoms with E-state index in [0.717, 1.165) is 48.8 Å². The minimum Gasteiger partial charge on any atom is -0.463 e. The van der Waals surface area contributed by atoms with Gasteiger partial charge in [-0.1, -0.05) is 37.3 Å². The molecule has 9 heteroatoms. The van der Waals surface area contributed by atoms with Crippen LogP contribution in [-0.4, -0.2) is 63.4 Å². The molecule has 6 rings (SSSR count). The normalized spacial score (nSPS) is 15.9. The van der Waals surface area contributed by atoms with Crippen molar-refractivity contribution in [1.29, 1.82) is 0 Å². The average molecular weight is 555 g/mol. The Morgan fingerprint density at radius 1 is 1.10 bits per heavy atom. The van der Waals surface area contributed by atoms with Crippen LogP contribution in [0.5, 0.6) is 6.01 Å². The Kier molecular flexibility index (Phi) is 7.55. The predicted molar refractivity (Wildman–Crippen MR) is 164 cm³/mol.